The molecular formula is C20H26ClNO. The number of aliphatic hydroxyl groups excluding tert-OH is 1. The lowest BCUT2D eigenvalue weighted by molar-refractivity contribution is 0.128. The molecular weight excluding hydrogens is 306 g/mol. The van der Waals surface area contributed by atoms with Crippen LogP contribution < -0.4 is 5.73 Å². The second-order valence-electron chi connectivity index (χ2n) is 6.81. The average Bonchev–Trinajstić information content (AvgIpc) is 2.89. The standard InChI is InChI=1S/C20H25NO.ClH/c1-13(2)7-10-19(22)20(21)15-8-9-18-16(12-15)11-14-5-3-4-6-17(14)18;/h3-6,8-9,12-13,19-20,22H,7,10-11,21H2,1-2H3;1H/t19-,20+;/m0./s1. The topological polar surface area (TPSA) is 46.2 Å². The van der Waals surface area contributed by atoms with Crippen LogP contribution in [0.25, 0.3) is 11.1 Å². The van der Waals surface area contributed by atoms with Crippen LogP contribution in [0.1, 0.15) is 49.4 Å². The van der Waals surface area contributed by atoms with Crippen LogP contribution in [-0.4, -0.2) is 11.2 Å². The first-order valence-corrected chi connectivity index (χ1v) is 8.21. The van der Waals surface area contributed by atoms with Crippen molar-refractivity contribution in [1.82, 2.24) is 0 Å². The van der Waals surface area contributed by atoms with Crippen molar-refractivity contribution in [2.45, 2.75) is 45.3 Å². The minimum Gasteiger partial charge on any atom is -0.391 e. The molecule has 0 amide bonds. The second-order valence-corrected chi connectivity index (χ2v) is 6.81. The summed E-state index contributed by atoms with van der Waals surface area (Å²) in [5.74, 6) is 0.594. The van der Waals surface area contributed by atoms with Gasteiger partial charge in [0.2, 0.25) is 0 Å². The van der Waals surface area contributed by atoms with Crippen molar-refractivity contribution >= 4 is 12.4 Å². The molecule has 1 aliphatic rings. The summed E-state index contributed by atoms with van der Waals surface area (Å²) in [7, 11) is 0. The van der Waals surface area contributed by atoms with Crippen LogP contribution in [0.15, 0.2) is 42.5 Å². The lowest BCUT2D eigenvalue weighted by Gasteiger charge is -2.20. The van der Waals surface area contributed by atoms with E-state index in [0.717, 1.165) is 24.8 Å². The van der Waals surface area contributed by atoms with Crippen LogP contribution in [0.3, 0.4) is 0 Å². The molecule has 3 heteroatoms. The van der Waals surface area contributed by atoms with Gasteiger partial charge in [0.15, 0.2) is 0 Å². The molecule has 0 unspecified atom stereocenters. The number of aliphatic hydroxyl groups is 1. The van der Waals surface area contributed by atoms with Gasteiger partial charge < -0.3 is 10.8 Å². The van der Waals surface area contributed by atoms with Gasteiger partial charge in [0.25, 0.3) is 0 Å². The lowest BCUT2D eigenvalue weighted by Crippen LogP contribution is -2.26. The number of hydrogen-bond acceptors (Lipinski definition) is 2. The highest BCUT2D eigenvalue weighted by Crippen LogP contribution is 2.37. The van der Waals surface area contributed by atoms with Crippen LogP contribution in [0.4, 0.5) is 0 Å². The van der Waals surface area contributed by atoms with Gasteiger partial charge in [-0.15, -0.1) is 12.4 Å². The molecule has 0 radical (unpaired) electrons. The number of hydrogen-bond donors (Lipinski definition) is 2. The molecule has 2 aromatic rings. The summed E-state index contributed by atoms with van der Waals surface area (Å²) in [4.78, 5) is 0. The molecule has 0 heterocycles. The lowest BCUT2D eigenvalue weighted by atomic mass is 9.93. The van der Waals surface area contributed by atoms with E-state index in [9.17, 15) is 5.11 Å². The molecule has 0 aromatic heterocycles. The zero-order valence-corrected chi connectivity index (χ0v) is 14.6. The van der Waals surface area contributed by atoms with E-state index in [0.29, 0.717) is 5.92 Å². The van der Waals surface area contributed by atoms with E-state index in [1.165, 1.54) is 22.3 Å². The Morgan fingerprint density at radius 3 is 2.43 bits per heavy atom. The summed E-state index contributed by atoms with van der Waals surface area (Å²) in [6.45, 7) is 4.34. The maximum Gasteiger partial charge on any atom is 0.0732 e. The Bertz CT molecular complexity index is 668. The predicted molar refractivity (Wildman–Crippen MR) is 98.9 cm³/mol. The largest absolute Gasteiger partial charge is 0.391 e. The fraction of sp³-hybridized carbons (Fsp3) is 0.400. The third-order valence-electron chi connectivity index (χ3n) is 4.66. The van der Waals surface area contributed by atoms with Gasteiger partial charge in [-0.2, -0.15) is 0 Å². The maximum absolute atomic E-state index is 10.3. The van der Waals surface area contributed by atoms with Crippen molar-refractivity contribution in [1.29, 1.82) is 0 Å². The number of halogens is 1. The molecule has 1 aliphatic carbocycles. The first kappa shape index (κ1) is 18.0. The van der Waals surface area contributed by atoms with E-state index in [4.69, 9.17) is 5.73 Å². The monoisotopic (exact) mass is 331 g/mol. The van der Waals surface area contributed by atoms with Gasteiger partial charge in [0, 0.05) is 0 Å². The average molecular weight is 332 g/mol. The van der Waals surface area contributed by atoms with E-state index in [1.807, 2.05) is 0 Å². The molecule has 0 saturated heterocycles. The van der Waals surface area contributed by atoms with E-state index >= 15 is 0 Å². The normalized spacial score (nSPS) is 14.8. The van der Waals surface area contributed by atoms with Gasteiger partial charge in [-0.3, -0.25) is 0 Å². The third-order valence-corrected chi connectivity index (χ3v) is 4.66. The molecule has 0 aliphatic heterocycles. The van der Waals surface area contributed by atoms with Gasteiger partial charge in [-0.05, 0) is 53.0 Å². The van der Waals surface area contributed by atoms with Crippen LogP contribution >= 0.6 is 12.4 Å². The number of benzene rings is 2. The quantitative estimate of drug-likeness (QED) is 0.724. The third kappa shape index (κ3) is 3.77. The maximum atomic E-state index is 10.3. The number of rotatable bonds is 5. The molecule has 2 atom stereocenters. The minimum atomic E-state index is -0.468. The molecule has 0 bridgehead atoms. The summed E-state index contributed by atoms with van der Waals surface area (Å²) in [6, 6.07) is 14.7. The highest BCUT2D eigenvalue weighted by molar-refractivity contribution is 5.85. The Balaban J connectivity index is 0.00000192. The van der Waals surface area contributed by atoms with Crippen LogP contribution in [0.5, 0.6) is 0 Å². The van der Waals surface area contributed by atoms with Gasteiger partial charge in [-0.1, -0.05) is 56.3 Å². The first-order chi connectivity index (χ1) is 10.6. The summed E-state index contributed by atoms with van der Waals surface area (Å²) in [5.41, 5.74) is 12.7. The summed E-state index contributed by atoms with van der Waals surface area (Å²) in [6.07, 6.45) is 2.26. The zero-order chi connectivity index (χ0) is 15.7. The molecule has 0 saturated carbocycles. The van der Waals surface area contributed by atoms with E-state index in [1.54, 1.807) is 0 Å². The smallest absolute Gasteiger partial charge is 0.0732 e. The number of fused-ring (bicyclic) bond motifs is 3. The first-order valence-electron chi connectivity index (χ1n) is 8.21. The zero-order valence-electron chi connectivity index (χ0n) is 13.8. The Morgan fingerprint density at radius 2 is 1.70 bits per heavy atom. The predicted octanol–water partition coefficient (Wildman–Crippen LogP) is 4.48. The Kier molecular flexibility index (Phi) is 5.85. The Morgan fingerprint density at radius 1 is 1.00 bits per heavy atom. The molecule has 0 spiro atoms. The Hall–Kier alpha value is -1.35. The van der Waals surface area contributed by atoms with E-state index in [-0.39, 0.29) is 18.4 Å². The van der Waals surface area contributed by atoms with Crippen molar-refractivity contribution in [3.05, 3.63) is 59.2 Å². The summed E-state index contributed by atoms with van der Waals surface area (Å²) < 4.78 is 0. The van der Waals surface area contributed by atoms with Crippen molar-refractivity contribution < 1.29 is 5.11 Å². The van der Waals surface area contributed by atoms with Gasteiger partial charge in [0.05, 0.1) is 12.1 Å². The molecule has 0 fully saturated rings. The SMILES string of the molecule is CC(C)CC[C@H](O)[C@H](N)c1ccc2c(c1)Cc1ccccc1-2.Cl. The minimum absolute atomic E-state index is 0. The van der Waals surface area contributed by atoms with Gasteiger partial charge in [0.1, 0.15) is 0 Å². The van der Waals surface area contributed by atoms with Crippen molar-refractivity contribution in [2.75, 3.05) is 0 Å². The molecule has 2 aromatic carbocycles. The molecule has 2 nitrogen and oxygen atoms in total. The van der Waals surface area contributed by atoms with Crippen molar-refractivity contribution in [3.8, 4) is 11.1 Å². The summed E-state index contributed by atoms with van der Waals surface area (Å²) >= 11 is 0. The highest BCUT2D eigenvalue weighted by Gasteiger charge is 2.22. The van der Waals surface area contributed by atoms with Crippen LogP contribution in [-0.2, 0) is 6.42 Å². The van der Waals surface area contributed by atoms with Crippen molar-refractivity contribution in [3.63, 3.8) is 0 Å². The van der Waals surface area contributed by atoms with Crippen LogP contribution in [0, 0.1) is 5.92 Å². The second kappa shape index (κ2) is 7.48. The highest BCUT2D eigenvalue weighted by atomic mass is 35.5. The van der Waals surface area contributed by atoms with E-state index in [2.05, 4.69) is 56.3 Å². The van der Waals surface area contributed by atoms with Crippen molar-refractivity contribution in [2.24, 2.45) is 11.7 Å². The van der Waals surface area contributed by atoms with Crippen LogP contribution in [0.2, 0.25) is 0 Å². The Labute approximate surface area is 145 Å². The molecule has 124 valence electrons. The van der Waals surface area contributed by atoms with E-state index < -0.39 is 6.10 Å². The fourth-order valence-electron chi connectivity index (χ4n) is 3.28. The van der Waals surface area contributed by atoms with Gasteiger partial charge >= 0.3 is 0 Å². The molecule has 3 rings (SSSR count). The van der Waals surface area contributed by atoms with Gasteiger partial charge in [-0.25, -0.2) is 0 Å². The molecule has 3 N–H and O–H groups in total. The molecule has 23 heavy (non-hydrogen) atoms. The number of nitrogens with two attached hydrogens (primary N) is 1. The fourth-order valence-corrected chi connectivity index (χ4v) is 3.28. The summed E-state index contributed by atoms with van der Waals surface area (Å²) in [5, 5.41) is 10.3.